The molecule has 4 heteroatoms. The second-order valence-corrected chi connectivity index (χ2v) is 5.78. The normalized spacial score (nSPS) is 11.9. The Balaban J connectivity index is 2.19. The molecule has 0 aliphatic carbocycles. The van der Waals surface area contributed by atoms with Crippen molar-refractivity contribution >= 4 is 11.0 Å². The SMILES string of the molecule is CCN(CC)CCn1cc(CNC(C)C)c2cccnc21. The van der Waals surface area contributed by atoms with Crippen LogP contribution in [0.25, 0.3) is 11.0 Å². The van der Waals surface area contributed by atoms with E-state index in [0.717, 1.165) is 38.4 Å². The van der Waals surface area contributed by atoms with Gasteiger partial charge in [-0.05, 0) is 30.8 Å². The van der Waals surface area contributed by atoms with Gasteiger partial charge in [-0.3, -0.25) is 0 Å². The number of nitrogens with one attached hydrogen (secondary N) is 1. The Kier molecular flexibility index (Phi) is 5.76. The van der Waals surface area contributed by atoms with Crippen LogP contribution in [0.5, 0.6) is 0 Å². The van der Waals surface area contributed by atoms with Gasteiger partial charge in [0.2, 0.25) is 0 Å². The molecular weight excluding hydrogens is 260 g/mol. The molecule has 2 heterocycles. The first-order valence-electron chi connectivity index (χ1n) is 8.04. The monoisotopic (exact) mass is 288 g/mol. The van der Waals surface area contributed by atoms with E-state index in [-0.39, 0.29) is 0 Å². The molecule has 0 spiro atoms. The van der Waals surface area contributed by atoms with Crippen molar-refractivity contribution in [1.82, 2.24) is 19.8 Å². The zero-order valence-electron chi connectivity index (χ0n) is 13.8. The van der Waals surface area contributed by atoms with Crippen molar-refractivity contribution < 1.29 is 0 Å². The predicted molar refractivity (Wildman–Crippen MR) is 89.5 cm³/mol. The Morgan fingerprint density at radius 3 is 2.71 bits per heavy atom. The number of likely N-dealkylation sites (N-methyl/N-ethyl adjacent to an activating group) is 1. The van der Waals surface area contributed by atoms with Crippen LogP contribution in [0.15, 0.2) is 24.5 Å². The summed E-state index contributed by atoms with van der Waals surface area (Å²) in [6.07, 6.45) is 4.15. The zero-order chi connectivity index (χ0) is 15.2. The third-order valence-corrected chi connectivity index (χ3v) is 3.97. The van der Waals surface area contributed by atoms with Crippen molar-refractivity contribution in [3.05, 3.63) is 30.1 Å². The summed E-state index contributed by atoms with van der Waals surface area (Å²) in [5.74, 6) is 0. The van der Waals surface area contributed by atoms with E-state index in [9.17, 15) is 0 Å². The van der Waals surface area contributed by atoms with E-state index in [1.54, 1.807) is 0 Å². The smallest absolute Gasteiger partial charge is 0.140 e. The van der Waals surface area contributed by atoms with Gasteiger partial charge in [0.15, 0.2) is 0 Å². The molecule has 0 fully saturated rings. The highest BCUT2D eigenvalue weighted by molar-refractivity contribution is 5.80. The Morgan fingerprint density at radius 2 is 2.05 bits per heavy atom. The molecule has 0 saturated heterocycles. The molecule has 116 valence electrons. The number of pyridine rings is 1. The molecular formula is C17H28N4. The largest absolute Gasteiger partial charge is 0.331 e. The summed E-state index contributed by atoms with van der Waals surface area (Å²) in [4.78, 5) is 7.02. The lowest BCUT2D eigenvalue weighted by atomic mass is 10.2. The Bertz CT molecular complexity index is 555. The maximum absolute atomic E-state index is 4.58. The van der Waals surface area contributed by atoms with Crippen LogP contribution < -0.4 is 5.32 Å². The topological polar surface area (TPSA) is 33.1 Å². The van der Waals surface area contributed by atoms with Gasteiger partial charge in [0.05, 0.1) is 0 Å². The Hall–Kier alpha value is -1.39. The molecule has 0 radical (unpaired) electrons. The molecule has 4 nitrogen and oxygen atoms in total. The minimum atomic E-state index is 0.496. The van der Waals surface area contributed by atoms with Crippen LogP contribution in [0.4, 0.5) is 0 Å². The Morgan fingerprint density at radius 1 is 1.29 bits per heavy atom. The van der Waals surface area contributed by atoms with Gasteiger partial charge in [0, 0.05) is 43.5 Å². The molecule has 21 heavy (non-hydrogen) atoms. The van der Waals surface area contributed by atoms with Gasteiger partial charge in [0.1, 0.15) is 5.65 Å². The van der Waals surface area contributed by atoms with Crippen LogP contribution in [-0.2, 0) is 13.1 Å². The van der Waals surface area contributed by atoms with Crippen LogP contribution in [0.2, 0.25) is 0 Å². The minimum absolute atomic E-state index is 0.496. The summed E-state index contributed by atoms with van der Waals surface area (Å²) < 4.78 is 2.30. The van der Waals surface area contributed by atoms with Gasteiger partial charge in [-0.2, -0.15) is 0 Å². The summed E-state index contributed by atoms with van der Waals surface area (Å²) >= 11 is 0. The number of hydrogen-bond donors (Lipinski definition) is 1. The van der Waals surface area contributed by atoms with Gasteiger partial charge in [0.25, 0.3) is 0 Å². The van der Waals surface area contributed by atoms with E-state index < -0.39 is 0 Å². The number of nitrogens with zero attached hydrogens (tertiary/aromatic N) is 3. The summed E-state index contributed by atoms with van der Waals surface area (Å²) in [6.45, 7) is 14.0. The molecule has 2 rings (SSSR count). The minimum Gasteiger partial charge on any atom is -0.331 e. The summed E-state index contributed by atoms with van der Waals surface area (Å²) in [5.41, 5.74) is 2.44. The quantitative estimate of drug-likeness (QED) is 0.811. The lowest BCUT2D eigenvalue weighted by molar-refractivity contribution is 0.292. The molecule has 0 aliphatic rings. The van der Waals surface area contributed by atoms with Crippen LogP contribution in [0, 0.1) is 0 Å². The summed E-state index contributed by atoms with van der Waals surface area (Å²) in [6, 6.07) is 4.69. The highest BCUT2D eigenvalue weighted by atomic mass is 15.1. The molecule has 0 amide bonds. The first kappa shape index (κ1) is 16.0. The van der Waals surface area contributed by atoms with Gasteiger partial charge in [-0.15, -0.1) is 0 Å². The number of rotatable bonds is 8. The van der Waals surface area contributed by atoms with Gasteiger partial charge in [-0.1, -0.05) is 27.7 Å². The molecule has 1 N–H and O–H groups in total. The highest BCUT2D eigenvalue weighted by Crippen LogP contribution is 2.19. The number of aromatic nitrogens is 2. The van der Waals surface area contributed by atoms with Crippen molar-refractivity contribution in [3.63, 3.8) is 0 Å². The van der Waals surface area contributed by atoms with E-state index in [1.807, 2.05) is 12.3 Å². The lowest BCUT2D eigenvalue weighted by Gasteiger charge is -2.18. The van der Waals surface area contributed by atoms with Crippen LogP contribution in [0.1, 0.15) is 33.3 Å². The van der Waals surface area contributed by atoms with E-state index in [4.69, 9.17) is 0 Å². The Labute approximate surface area is 128 Å². The molecule has 0 saturated carbocycles. The molecule has 2 aromatic heterocycles. The van der Waals surface area contributed by atoms with Crippen molar-refractivity contribution in [2.45, 2.75) is 46.8 Å². The number of hydrogen-bond acceptors (Lipinski definition) is 3. The van der Waals surface area contributed by atoms with Crippen LogP contribution in [-0.4, -0.2) is 40.1 Å². The molecule has 2 aromatic rings. The lowest BCUT2D eigenvalue weighted by Crippen LogP contribution is -2.27. The molecule has 0 unspecified atom stereocenters. The van der Waals surface area contributed by atoms with Crippen LogP contribution >= 0.6 is 0 Å². The predicted octanol–water partition coefficient (Wildman–Crippen LogP) is 2.88. The van der Waals surface area contributed by atoms with Crippen molar-refractivity contribution in [2.75, 3.05) is 19.6 Å². The fourth-order valence-electron chi connectivity index (χ4n) is 2.61. The molecule has 0 bridgehead atoms. The average molecular weight is 288 g/mol. The highest BCUT2D eigenvalue weighted by Gasteiger charge is 2.10. The standard InChI is InChI=1S/C17H28N4/c1-5-20(6-2)10-11-21-13-15(12-19-14(3)4)16-8-7-9-18-17(16)21/h7-9,13-14,19H,5-6,10-12H2,1-4H3. The maximum Gasteiger partial charge on any atom is 0.140 e. The first-order chi connectivity index (χ1) is 10.2. The molecule has 0 aliphatic heterocycles. The fraction of sp³-hybridized carbons (Fsp3) is 0.588. The van der Waals surface area contributed by atoms with Gasteiger partial charge in [-0.25, -0.2) is 4.98 Å². The number of fused-ring (bicyclic) bond motifs is 1. The second-order valence-electron chi connectivity index (χ2n) is 5.78. The van der Waals surface area contributed by atoms with E-state index in [0.29, 0.717) is 6.04 Å². The molecule has 0 aromatic carbocycles. The third-order valence-electron chi connectivity index (χ3n) is 3.97. The first-order valence-corrected chi connectivity index (χ1v) is 8.04. The average Bonchev–Trinajstić information content (AvgIpc) is 2.85. The summed E-state index contributed by atoms with van der Waals surface area (Å²) in [5, 5.41) is 4.77. The fourth-order valence-corrected chi connectivity index (χ4v) is 2.61. The van der Waals surface area contributed by atoms with Gasteiger partial charge >= 0.3 is 0 Å². The van der Waals surface area contributed by atoms with Crippen molar-refractivity contribution in [1.29, 1.82) is 0 Å². The van der Waals surface area contributed by atoms with Crippen LogP contribution in [0.3, 0.4) is 0 Å². The van der Waals surface area contributed by atoms with E-state index in [1.165, 1.54) is 10.9 Å². The zero-order valence-corrected chi connectivity index (χ0v) is 13.8. The van der Waals surface area contributed by atoms with Crippen molar-refractivity contribution in [3.8, 4) is 0 Å². The van der Waals surface area contributed by atoms with Crippen molar-refractivity contribution in [2.24, 2.45) is 0 Å². The summed E-state index contributed by atoms with van der Waals surface area (Å²) in [7, 11) is 0. The van der Waals surface area contributed by atoms with Gasteiger partial charge < -0.3 is 14.8 Å². The maximum atomic E-state index is 4.58. The molecule has 0 atom stereocenters. The second kappa shape index (κ2) is 7.57. The van der Waals surface area contributed by atoms with E-state index >= 15 is 0 Å². The van der Waals surface area contributed by atoms with E-state index in [2.05, 4.69) is 59.7 Å². The third kappa shape index (κ3) is 4.05.